The van der Waals surface area contributed by atoms with E-state index in [0.717, 1.165) is 25.2 Å². The number of hydrogen-bond donors (Lipinski definition) is 0. The highest BCUT2D eigenvalue weighted by molar-refractivity contribution is 5.75. The molecule has 0 amide bonds. The van der Waals surface area contributed by atoms with Gasteiger partial charge < -0.3 is 9.47 Å². The number of hydrogen-bond acceptors (Lipinski definition) is 5. The first kappa shape index (κ1) is 13.0. The summed E-state index contributed by atoms with van der Waals surface area (Å²) in [6.45, 7) is 2.65. The molecule has 1 aromatic heterocycles. The molecule has 0 saturated carbocycles. The summed E-state index contributed by atoms with van der Waals surface area (Å²) < 4.78 is 12.0. The molecule has 2 heterocycles. The molecule has 0 aromatic carbocycles. The van der Waals surface area contributed by atoms with Crippen molar-refractivity contribution >= 4 is 5.97 Å². The van der Waals surface area contributed by atoms with Crippen molar-refractivity contribution in [3.8, 4) is 0 Å². The second-order valence-corrected chi connectivity index (χ2v) is 4.35. The van der Waals surface area contributed by atoms with Gasteiger partial charge in [-0.3, -0.25) is 14.4 Å². The Morgan fingerprint density at radius 3 is 3.17 bits per heavy atom. The lowest BCUT2D eigenvalue weighted by molar-refractivity contribution is -0.153. The lowest BCUT2D eigenvalue weighted by Gasteiger charge is -2.33. The summed E-state index contributed by atoms with van der Waals surface area (Å²) in [5, 5.41) is 4.13. The Bertz CT molecular complexity index is 405. The molecule has 18 heavy (non-hydrogen) atoms. The van der Waals surface area contributed by atoms with Crippen LogP contribution in [0.1, 0.15) is 5.69 Å². The van der Waals surface area contributed by atoms with E-state index < -0.39 is 0 Å². The zero-order valence-electron chi connectivity index (χ0n) is 10.8. The van der Waals surface area contributed by atoms with Gasteiger partial charge in [-0.25, -0.2) is 0 Å². The molecule has 1 aliphatic rings. The van der Waals surface area contributed by atoms with Gasteiger partial charge in [0.25, 0.3) is 0 Å². The van der Waals surface area contributed by atoms with Gasteiger partial charge in [0, 0.05) is 38.4 Å². The van der Waals surface area contributed by atoms with Crippen LogP contribution in [-0.2, 0) is 27.7 Å². The average molecular weight is 253 g/mol. The number of morpholine rings is 1. The summed E-state index contributed by atoms with van der Waals surface area (Å²) in [5.41, 5.74) is 1.16. The minimum atomic E-state index is -0.281. The molecule has 1 unspecified atom stereocenters. The molecular weight excluding hydrogens is 234 g/mol. The highest BCUT2D eigenvalue weighted by Gasteiger charge is 2.29. The van der Waals surface area contributed by atoms with Crippen molar-refractivity contribution in [2.24, 2.45) is 7.05 Å². The molecule has 1 aromatic rings. The second kappa shape index (κ2) is 5.97. The normalized spacial score (nSPS) is 20.9. The molecule has 1 aliphatic heterocycles. The van der Waals surface area contributed by atoms with Crippen molar-refractivity contribution < 1.29 is 14.3 Å². The molecule has 1 fully saturated rings. The largest absolute Gasteiger partial charge is 0.468 e. The lowest BCUT2D eigenvalue weighted by atomic mass is 10.2. The van der Waals surface area contributed by atoms with Gasteiger partial charge in [0.15, 0.2) is 0 Å². The van der Waals surface area contributed by atoms with Crippen LogP contribution < -0.4 is 0 Å². The smallest absolute Gasteiger partial charge is 0.325 e. The van der Waals surface area contributed by atoms with Gasteiger partial charge in [0.2, 0.25) is 0 Å². The molecule has 100 valence electrons. The number of rotatable bonds is 4. The highest BCUT2D eigenvalue weighted by Crippen LogP contribution is 2.10. The Balaban J connectivity index is 1.93. The predicted octanol–water partition coefficient (Wildman–Crippen LogP) is -0.164. The summed E-state index contributed by atoms with van der Waals surface area (Å²) in [7, 11) is 3.34. The van der Waals surface area contributed by atoms with E-state index in [4.69, 9.17) is 9.47 Å². The van der Waals surface area contributed by atoms with Crippen LogP contribution in [0, 0.1) is 0 Å². The van der Waals surface area contributed by atoms with E-state index in [1.807, 2.05) is 17.8 Å². The maximum atomic E-state index is 11.6. The van der Waals surface area contributed by atoms with Crippen LogP contribution in [0.4, 0.5) is 0 Å². The van der Waals surface area contributed by atoms with Gasteiger partial charge in [-0.15, -0.1) is 0 Å². The molecule has 1 atom stereocenters. The maximum Gasteiger partial charge on any atom is 0.325 e. The van der Waals surface area contributed by atoms with Gasteiger partial charge in [0.1, 0.15) is 6.04 Å². The van der Waals surface area contributed by atoms with Crippen molar-refractivity contribution in [2.75, 3.05) is 33.4 Å². The van der Waals surface area contributed by atoms with E-state index in [0.29, 0.717) is 13.2 Å². The Kier molecular flexibility index (Phi) is 4.33. The highest BCUT2D eigenvalue weighted by atomic mass is 16.5. The molecular formula is C12H19N3O3. The first-order chi connectivity index (χ1) is 8.72. The Labute approximate surface area is 106 Å². The number of esters is 1. The number of carbonyl (C=O) groups excluding carboxylic acids is 1. The molecule has 0 bridgehead atoms. The Hall–Kier alpha value is -1.40. The molecule has 6 heteroatoms. The van der Waals surface area contributed by atoms with Crippen LogP contribution in [0.3, 0.4) is 0 Å². The number of aromatic nitrogens is 2. The van der Waals surface area contributed by atoms with Crippen molar-refractivity contribution in [1.82, 2.24) is 14.7 Å². The first-order valence-corrected chi connectivity index (χ1v) is 6.09. The summed E-state index contributed by atoms with van der Waals surface area (Å²) >= 11 is 0. The van der Waals surface area contributed by atoms with Gasteiger partial charge in [0.05, 0.1) is 20.3 Å². The average Bonchev–Trinajstić information content (AvgIpc) is 2.81. The third-order valence-electron chi connectivity index (χ3n) is 3.29. The third-order valence-corrected chi connectivity index (χ3v) is 3.29. The molecule has 0 aliphatic carbocycles. The van der Waals surface area contributed by atoms with E-state index in [1.54, 1.807) is 6.20 Å². The van der Waals surface area contributed by atoms with Crippen molar-refractivity contribution in [1.29, 1.82) is 0 Å². The maximum absolute atomic E-state index is 11.6. The van der Waals surface area contributed by atoms with E-state index in [1.165, 1.54) is 7.11 Å². The van der Waals surface area contributed by atoms with Crippen molar-refractivity contribution in [2.45, 2.75) is 12.5 Å². The topological polar surface area (TPSA) is 56.6 Å². The SMILES string of the molecule is COC(=O)C1COCCN1CCc1ccnn1C. The van der Waals surface area contributed by atoms with E-state index in [9.17, 15) is 4.79 Å². The van der Waals surface area contributed by atoms with Crippen LogP contribution in [0.5, 0.6) is 0 Å². The fourth-order valence-corrected chi connectivity index (χ4v) is 2.16. The molecule has 0 radical (unpaired) electrons. The Morgan fingerprint density at radius 1 is 1.67 bits per heavy atom. The van der Waals surface area contributed by atoms with Gasteiger partial charge in [-0.2, -0.15) is 5.10 Å². The number of aryl methyl sites for hydroxylation is 1. The summed E-state index contributed by atoms with van der Waals surface area (Å²) in [6, 6.07) is 1.71. The van der Waals surface area contributed by atoms with Crippen LogP contribution in [0.25, 0.3) is 0 Å². The fraction of sp³-hybridized carbons (Fsp3) is 0.667. The number of nitrogens with zero attached hydrogens (tertiary/aromatic N) is 3. The van der Waals surface area contributed by atoms with Crippen molar-refractivity contribution in [3.63, 3.8) is 0 Å². The van der Waals surface area contributed by atoms with Crippen LogP contribution in [-0.4, -0.2) is 60.1 Å². The standard InChI is InChI=1S/C12H19N3O3/c1-14-10(3-5-13-14)4-6-15-7-8-18-9-11(15)12(16)17-2/h3,5,11H,4,6-9H2,1-2H3. The summed E-state index contributed by atoms with van der Waals surface area (Å²) in [4.78, 5) is 13.8. The number of carbonyl (C=O) groups is 1. The summed E-state index contributed by atoms with van der Waals surface area (Å²) in [6.07, 6.45) is 2.65. The van der Waals surface area contributed by atoms with Gasteiger partial charge in [-0.05, 0) is 6.07 Å². The quantitative estimate of drug-likeness (QED) is 0.698. The molecule has 0 N–H and O–H groups in total. The second-order valence-electron chi connectivity index (χ2n) is 4.35. The zero-order valence-corrected chi connectivity index (χ0v) is 10.8. The zero-order chi connectivity index (χ0) is 13.0. The van der Waals surface area contributed by atoms with Crippen molar-refractivity contribution in [3.05, 3.63) is 18.0 Å². The molecule has 1 saturated heterocycles. The van der Waals surface area contributed by atoms with Crippen LogP contribution >= 0.6 is 0 Å². The molecule has 2 rings (SSSR count). The van der Waals surface area contributed by atoms with E-state index in [2.05, 4.69) is 10.00 Å². The summed E-state index contributed by atoms with van der Waals surface area (Å²) in [5.74, 6) is -0.222. The van der Waals surface area contributed by atoms with Gasteiger partial charge >= 0.3 is 5.97 Å². The van der Waals surface area contributed by atoms with E-state index >= 15 is 0 Å². The third kappa shape index (κ3) is 2.88. The van der Waals surface area contributed by atoms with Gasteiger partial charge in [-0.1, -0.05) is 0 Å². The molecule has 6 nitrogen and oxygen atoms in total. The lowest BCUT2D eigenvalue weighted by Crippen LogP contribution is -2.51. The predicted molar refractivity (Wildman–Crippen MR) is 65.1 cm³/mol. The van der Waals surface area contributed by atoms with Crippen LogP contribution in [0.15, 0.2) is 12.3 Å². The van der Waals surface area contributed by atoms with E-state index in [-0.39, 0.29) is 12.0 Å². The minimum absolute atomic E-state index is 0.222. The number of methoxy groups -OCH3 is 1. The minimum Gasteiger partial charge on any atom is -0.468 e. The molecule has 0 spiro atoms. The Morgan fingerprint density at radius 2 is 2.50 bits per heavy atom. The first-order valence-electron chi connectivity index (χ1n) is 6.09. The monoisotopic (exact) mass is 253 g/mol. The van der Waals surface area contributed by atoms with Crippen LogP contribution in [0.2, 0.25) is 0 Å². The fourth-order valence-electron chi connectivity index (χ4n) is 2.16. The number of ether oxygens (including phenoxy) is 2.